The number of esters is 1. The van der Waals surface area contributed by atoms with Gasteiger partial charge in [-0.25, -0.2) is 4.79 Å². The summed E-state index contributed by atoms with van der Waals surface area (Å²) in [7, 11) is 0. The summed E-state index contributed by atoms with van der Waals surface area (Å²) in [5.74, 6) is -0.442. The van der Waals surface area contributed by atoms with Gasteiger partial charge in [0.2, 0.25) is 0 Å². The Labute approximate surface area is 140 Å². The molecule has 0 unspecified atom stereocenters. The van der Waals surface area contributed by atoms with E-state index in [0.29, 0.717) is 16.8 Å². The van der Waals surface area contributed by atoms with Crippen LogP contribution in [0.1, 0.15) is 17.5 Å². The molecular weight excluding hydrogens is 306 g/mol. The number of benzene rings is 2. The van der Waals surface area contributed by atoms with Gasteiger partial charge in [-0.3, -0.25) is 4.79 Å². The van der Waals surface area contributed by atoms with Crippen LogP contribution in [0.15, 0.2) is 54.6 Å². The van der Waals surface area contributed by atoms with Crippen LogP contribution >= 0.6 is 0 Å². The molecule has 2 aromatic carbocycles. The minimum atomic E-state index is -0.442. The first-order valence-electron chi connectivity index (χ1n) is 7.42. The monoisotopic (exact) mass is 323 g/mol. The molecular formula is C18H17N3O3. The third kappa shape index (κ3) is 5.46. The highest BCUT2D eigenvalue weighted by molar-refractivity contribution is 5.89. The topological polar surface area (TPSA) is 91.2 Å². The molecule has 0 atom stereocenters. The number of para-hydroxylation sites is 1. The molecule has 0 saturated carbocycles. The van der Waals surface area contributed by atoms with Crippen molar-refractivity contribution in [3.63, 3.8) is 0 Å². The first kappa shape index (κ1) is 17.0. The van der Waals surface area contributed by atoms with Crippen LogP contribution in [0.4, 0.5) is 10.5 Å². The SMILES string of the molecule is N#Cc1ccccc1COC(=O)CCNC(=O)Nc1ccccc1. The Bertz CT molecular complexity index is 739. The van der Waals surface area contributed by atoms with Gasteiger partial charge in [0.1, 0.15) is 6.61 Å². The molecule has 0 aromatic heterocycles. The van der Waals surface area contributed by atoms with E-state index in [1.807, 2.05) is 24.3 Å². The highest BCUT2D eigenvalue weighted by Crippen LogP contribution is 2.09. The number of rotatable bonds is 6. The van der Waals surface area contributed by atoms with Crippen LogP contribution in [0.2, 0.25) is 0 Å². The molecule has 0 heterocycles. The van der Waals surface area contributed by atoms with Gasteiger partial charge in [0, 0.05) is 17.8 Å². The molecule has 0 bridgehead atoms. The van der Waals surface area contributed by atoms with E-state index >= 15 is 0 Å². The average Bonchev–Trinajstić information content (AvgIpc) is 2.61. The molecule has 0 fully saturated rings. The number of carbonyl (C=O) groups is 2. The minimum absolute atomic E-state index is 0.0405. The van der Waals surface area contributed by atoms with E-state index in [0.717, 1.165) is 0 Å². The molecule has 122 valence electrons. The van der Waals surface area contributed by atoms with Crippen molar-refractivity contribution in [1.29, 1.82) is 5.26 Å². The molecule has 0 saturated heterocycles. The van der Waals surface area contributed by atoms with E-state index in [1.54, 1.807) is 36.4 Å². The van der Waals surface area contributed by atoms with E-state index in [4.69, 9.17) is 10.00 Å². The van der Waals surface area contributed by atoms with Crippen molar-refractivity contribution in [3.05, 3.63) is 65.7 Å². The van der Waals surface area contributed by atoms with Gasteiger partial charge in [-0.1, -0.05) is 36.4 Å². The summed E-state index contributed by atoms with van der Waals surface area (Å²) in [6.07, 6.45) is 0.0525. The van der Waals surface area contributed by atoms with E-state index in [1.165, 1.54) is 0 Å². The van der Waals surface area contributed by atoms with Crippen LogP contribution in [0.3, 0.4) is 0 Å². The van der Waals surface area contributed by atoms with Gasteiger partial charge in [-0.2, -0.15) is 5.26 Å². The second-order valence-electron chi connectivity index (χ2n) is 4.93. The summed E-state index contributed by atoms with van der Waals surface area (Å²) < 4.78 is 5.11. The molecule has 0 radical (unpaired) electrons. The quantitative estimate of drug-likeness (QED) is 0.800. The van der Waals surface area contributed by atoms with Crippen LogP contribution in [-0.4, -0.2) is 18.5 Å². The van der Waals surface area contributed by atoms with E-state index in [9.17, 15) is 9.59 Å². The number of anilines is 1. The van der Waals surface area contributed by atoms with Gasteiger partial charge in [-0.15, -0.1) is 0 Å². The summed E-state index contributed by atoms with van der Waals surface area (Å²) in [6, 6.07) is 17.6. The number of carbonyl (C=O) groups excluding carboxylic acids is 2. The normalized spacial score (nSPS) is 9.62. The first-order valence-corrected chi connectivity index (χ1v) is 7.42. The Hall–Kier alpha value is -3.33. The fourth-order valence-electron chi connectivity index (χ4n) is 1.96. The van der Waals surface area contributed by atoms with Crippen molar-refractivity contribution in [1.82, 2.24) is 5.32 Å². The third-order valence-electron chi connectivity index (χ3n) is 3.17. The number of amides is 2. The highest BCUT2D eigenvalue weighted by atomic mass is 16.5. The maximum Gasteiger partial charge on any atom is 0.319 e. The summed E-state index contributed by atoms with van der Waals surface area (Å²) in [5, 5.41) is 14.2. The Balaban J connectivity index is 1.68. The summed E-state index contributed by atoms with van der Waals surface area (Å²) >= 11 is 0. The number of nitrogens with zero attached hydrogens (tertiary/aromatic N) is 1. The van der Waals surface area contributed by atoms with Crippen LogP contribution < -0.4 is 10.6 Å². The second-order valence-corrected chi connectivity index (χ2v) is 4.93. The number of nitrogens with one attached hydrogen (secondary N) is 2. The Kier molecular flexibility index (Phi) is 6.35. The smallest absolute Gasteiger partial charge is 0.319 e. The summed E-state index contributed by atoms with van der Waals surface area (Å²) in [6.45, 7) is 0.205. The standard InChI is InChI=1S/C18H17N3O3/c19-12-14-6-4-5-7-15(14)13-24-17(22)10-11-20-18(23)21-16-8-2-1-3-9-16/h1-9H,10-11,13H2,(H2,20,21,23). The van der Waals surface area contributed by atoms with Crippen LogP contribution in [0.25, 0.3) is 0 Å². The number of hydrogen-bond acceptors (Lipinski definition) is 4. The minimum Gasteiger partial charge on any atom is -0.461 e. The van der Waals surface area contributed by atoms with Crippen molar-refractivity contribution in [3.8, 4) is 6.07 Å². The second kappa shape index (κ2) is 8.96. The third-order valence-corrected chi connectivity index (χ3v) is 3.17. The predicted molar refractivity (Wildman–Crippen MR) is 89.0 cm³/mol. The molecule has 24 heavy (non-hydrogen) atoms. The largest absolute Gasteiger partial charge is 0.461 e. The molecule has 0 spiro atoms. The first-order chi connectivity index (χ1) is 11.7. The van der Waals surface area contributed by atoms with Crippen molar-refractivity contribution >= 4 is 17.7 Å². The van der Waals surface area contributed by atoms with Gasteiger partial charge in [0.15, 0.2) is 0 Å². The number of ether oxygens (including phenoxy) is 1. The molecule has 6 heteroatoms. The molecule has 0 aliphatic carbocycles. The van der Waals surface area contributed by atoms with Crippen LogP contribution in [0.5, 0.6) is 0 Å². The summed E-state index contributed by atoms with van der Waals surface area (Å²) in [5.41, 5.74) is 1.81. The van der Waals surface area contributed by atoms with Crippen molar-refractivity contribution < 1.29 is 14.3 Å². The molecule has 2 aromatic rings. The molecule has 0 aliphatic rings. The van der Waals surface area contributed by atoms with Crippen molar-refractivity contribution in [2.24, 2.45) is 0 Å². The van der Waals surface area contributed by atoms with Gasteiger partial charge in [-0.05, 0) is 18.2 Å². The van der Waals surface area contributed by atoms with Gasteiger partial charge >= 0.3 is 12.0 Å². The van der Waals surface area contributed by atoms with Crippen molar-refractivity contribution in [2.75, 3.05) is 11.9 Å². The average molecular weight is 323 g/mol. The fourth-order valence-corrected chi connectivity index (χ4v) is 1.96. The number of hydrogen-bond donors (Lipinski definition) is 2. The van der Waals surface area contributed by atoms with E-state index in [2.05, 4.69) is 10.6 Å². The van der Waals surface area contributed by atoms with E-state index < -0.39 is 5.97 Å². The summed E-state index contributed by atoms with van der Waals surface area (Å²) in [4.78, 5) is 23.3. The lowest BCUT2D eigenvalue weighted by molar-refractivity contribution is -0.144. The van der Waals surface area contributed by atoms with Gasteiger partial charge in [0.05, 0.1) is 18.1 Å². The number of nitriles is 1. The molecule has 2 rings (SSSR count). The maximum atomic E-state index is 11.7. The van der Waals surface area contributed by atoms with Crippen molar-refractivity contribution in [2.45, 2.75) is 13.0 Å². The zero-order valence-electron chi connectivity index (χ0n) is 13.0. The lowest BCUT2D eigenvalue weighted by Gasteiger charge is -2.08. The fraction of sp³-hybridized carbons (Fsp3) is 0.167. The Morgan fingerprint density at radius 3 is 2.50 bits per heavy atom. The zero-order valence-corrected chi connectivity index (χ0v) is 13.0. The van der Waals surface area contributed by atoms with E-state index in [-0.39, 0.29) is 25.6 Å². The molecule has 0 aliphatic heterocycles. The molecule has 2 N–H and O–H groups in total. The van der Waals surface area contributed by atoms with Crippen LogP contribution in [-0.2, 0) is 16.1 Å². The zero-order chi connectivity index (χ0) is 17.2. The molecule has 6 nitrogen and oxygen atoms in total. The predicted octanol–water partition coefficient (Wildman–Crippen LogP) is 2.81. The molecule has 2 amide bonds. The van der Waals surface area contributed by atoms with Crippen LogP contribution in [0, 0.1) is 11.3 Å². The number of urea groups is 1. The lowest BCUT2D eigenvalue weighted by Crippen LogP contribution is -2.30. The Morgan fingerprint density at radius 1 is 1.04 bits per heavy atom. The van der Waals surface area contributed by atoms with Gasteiger partial charge in [0.25, 0.3) is 0 Å². The lowest BCUT2D eigenvalue weighted by atomic mass is 10.1. The van der Waals surface area contributed by atoms with Gasteiger partial charge < -0.3 is 15.4 Å². The maximum absolute atomic E-state index is 11.7. The highest BCUT2D eigenvalue weighted by Gasteiger charge is 2.07. The Morgan fingerprint density at radius 2 is 1.75 bits per heavy atom.